The number of nitrogens with zero attached hydrogens (tertiary/aromatic N) is 3. The third-order valence-electron chi connectivity index (χ3n) is 5.90. The van der Waals surface area contributed by atoms with Crippen molar-refractivity contribution in [3.63, 3.8) is 0 Å². The second-order valence-electron chi connectivity index (χ2n) is 8.40. The average Bonchev–Trinajstić information content (AvgIpc) is 2.92. The molecule has 0 unspecified atom stereocenters. The van der Waals surface area contributed by atoms with E-state index in [0.717, 1.165) is 32.8 Å². The second kappa shape index (κ2) is 12.2. The molecule has 0 atom stereocenters. The summed E-state index contributed by atoms with van der Waals surface area (Å²) in [6.45, 7) is 6.01. The van der Waals surface area contributed by atoms with E-state index in [2.05, 4.69) is 15.0 Å². The summed E-state index contributed by atoms with van der Waals surface area (Å²) < 4.78 is 0. The quantitative estimate of drug-likeness (QED) is 0.208. The predicted molar refractivity (Wildman–Crippen MR) is 150 cm³/mol. The topological polar surface area (TPSA) is 99.4 Å². The van der Waals surface area contributed by atoms with Crippen LogP contribution < -0.4 is 0 Å². The van der Waals surface area contributed by atoms with Crippen LogP contribution in [0.4, 0.5) is 0 Å². The number of fused-ring (bicyclic) bond motifs is 3. The first kappa shape index (κ1) is 27.4. The van der Waals surface area contributed by atoms with Gasteiger partial charge in [0.25, 0.3) is 0 Å². The van der Waals surface area contributed by atoms with Crippen LogP contribution >= 0.6 is 0 Å². The minimum atomic E-state index is 0. The van der Waals surface area contributed by atoms with Crippen LogP contribution in [0, 0.1) is 20.8 Å². The number of hydrogen-bond donors (Lipinski definition) is 3. The first-order valence-corrected chi connectivity index (χ1v) is 11.5. The number of aromatic hydroxyl groups is 3. The van der Waals surface area contributed by atoms with Gasteiger partial charge in [-0.05, 0) is 73.9 Å². The summed E-state index contributed by atoms with van der Waals surface area (Å²) in [6, 6.07) is 22.2. The van der Waals surface area contributed by atoms with E-state index in [1.165, 1.54) is 0 Å². The summed E-state index contributed by atoms with van der Waals surface area (Å²) in [5, 5.41) is 31.3. The summed E-state index contributed by atoms with van der Waals surface area (Å²) in [4.78, 5) is 12.3. The second-order valence-corrected chi connectivity index (χ2v) is 8.40. The number of phenolic OH excluding ortho intramolecular Hbond substituents is 3. The third-order valence-corrected chi connectivity index (χ3v) is 5.90. The van der Waals surface area contributed by atoms with E-state index in [4.69, 9.17) is 0 Å². The molecule has 3 aromatic heterocycles. The van der Waals surface area contributed by atoms with Crippen LogP contribution in [0.15, 0.2) is 91.4 Å². The van der Waals surface area contributed by atoms with Gasteiger partial charge >= 0.3 is 17.4 Å². The molecule has 0 amide bonds. The Kier molecular flexibility index (Phi) is 9.02. The van der Waals surface area contributed by atoms with Gasteiger partial charge in [-0.3, -0.25) is 15.0 Å². The van der Waals surface area contributed by atoms with Crippen molar-refractivity contribution in [2.24, 2.45) is 0 Å². The van der Waals surface area contributed by atoms with Gasteiger partial charge in [0.1, 0.15) is 33.8 Å². The normalized spacial score (nSPS) is 10.1. The molecule has 180 valence electrons. The molecule has 0 radical (unpaired) electrons. The molecule has 0 fully saturated rings. The maximum atomic E-state index is 9.43. The Morgan fingerprint density at radius 2 is 0.703 bits per heavy atom. The van der Waals surface area contributed by atoms with Gasteiger partial charge in [0.15, 0.2) is 0 Å². The fraction of sp³-hybridized carbons (Fsp3) is 0.100. The summed E-state index contributed by atoms with van der Waals surface area (Å²) in [7, 11) is 0. The van der Waals surface area contributed by atoms with Crippen LogP contribution in [0.5, 0.6) is 17.2 Å². The van der Waals surface area contributed by atoms with Crippen molar-refractivity contribution in [1.82, 2.24) is 15.0 Å². The summed E-state index contributed by atoms with van der Waals surface area (Å²) in [6.07, 6.45) is 5.05. The Morgan fingerprint density at radius 1 is 0.432 bits per heavy atom. The van der Waals surface area contributed by atoms with Gasteiger partial charge in [-0.2, -0.15) is 0 Å². The number of benzene rings is 3. The molecule has 0 aliphatic rings. The van der Waals surface area contributed by atoms with Gasteiger partial charge in [0.2, 0.25) is 0 Å². The van der Waals surface area contributed by atoms with Crippen molar-refractivity contribution in [2.45, 2.75) is 20.8 Å². The molecular weight excluding hydrogens is 477 g/mol. The van der Waals surface area contributed by atoms with E-state index in [1.54, 1.807) is 36.8 Å². The summed E-state index contributed by atoms with van der Waals surface area (Å²) in [5.41, 5.74) is 5.44. The van der Waals surface area contributed by atoms with Gasteiger partial charge in [-0.15, -0.1) is 0 Å². The number of aromatic nitrogens is 3. The molecule has 3 N–H and O–H groups in total. The van der Waals surface area contributed by atoms with Crippen LogP contribution in [0.1, 0.15) is 16.7 Å². The summed E-state index contributed by atoms with van der Waals surface area (Å²) in [5.74, 6) is 0.739. The first-order valence-electron chi connectivity index (χ1n) is 11.5. The first-order chi connectivity index (χ1) is 17.4. The molecule has 0 aliphatic carbocycles. The molecule has 0 aliphatic heterocycles. The van der Waals surface area contributed by atoms with Gasteiger partial charge < -0.3 is 15.3 Å². The van der Waals surface area contributed by atoms with E-state index >= 15 is 0 Å². The van der Waals surface area contributed by atoms with Crippen LogP contribution in [-0.2, 0) is 0 Å². The number of pyridine rings is 3. The molecule has 37 heavy (non-hydrogen) atoms. The zero-order valence-electron chi connectivity index (χ0n) is 20.9. The average molecular weight is 505 g/mol. The van der Waals surface area contributed by atoms with Crippen LogP contribution in [0.2, 0.25) is 0 Å². The van der Waals surface area contributed by atoms with E-state index < -0.39 is 0 Å². The largest absolute Gasteiger partial charge is 3.00 e. The Morgan fingerprint density at radius 3 is 0.946 bits per heavy atom. The van der Waals surface area contributed by atoms with E-state index in [-0.39, 0.29) is 34.6 Å². The third kappa shape index (κ3) is 6.15. The fourth-order valence-corrected chi connectivity index (χ4v) is 3.90. The van der Waals surface area contributed by atoms with Gasteiger partial charge in [-0.25, -0.2) is 0 Å². The Bertz CT molecular complexity index is 1350. The number of rotatable bonds is 0. The number of aryl methyl sites for hydroxylation is 3. The fourth-order valence-electron chi connectivity index (χ4n) is 3.90. The standard InChI is InChI=1S/3C10H9NO.Al/c3*1-7-4-5-9(12)10-8(7)3-2-6-11-10;/h3*2-6,12H,1H3;/q;;;+3. The zero-order chi connectivity index (χ0) is 25.7. The van der Waals surface area contributed by atoms with Crippen LogP contribution in [0.25, 0.3) is 32.7 Å². The smallest absolute Gasteiger partial charge is 0.506 e. The molecule has 0 saturated heterocycles. The molecule has 0 saturated carbocycles. The minimum Gasteiger partial charge on any atom is -0.506 e. The van der Waals surface area contributed by atoms with Crippen molar-refractivity contribution in [2.75, 3.05) is 0 Å². The molecule has 3 aromatic carbocycles. The molecule has 0 bridgehead atoms. The predicted octanol–water partition coefficient (Wildman–Crippen LogP) is 6.37. The van der Waals surface area contributed by atoms with Crippen LogP contribution in [0.3, 0.4) is 0 Å². The Balaban J connectivity index is 0.000000152. The van der Waals surface area contributed by atoms with Crippen molar-refractivity contribution in [1.29, 1.82) is 0 Å². The van der Waals surface area contributed by atoms with E-state index in [0.29, 0.717) is 16.6 Å². The van der Waals surface area contributed by atoms with E-state index in [9.17, 15) is 15.3 Å². The van der Waals surface area contributed by atoms with Crippen molar-refractivity contribution in [3.8, 4) is 17.2 Å². The molecule has 0 spiro atoms. The Hall–Kier alpha value is -4.18. The monoisotopic (exact) mass is 504 g/mol. The molecule has 7 heteroatoms. The van der Waals surface area contributed by atoms with Gasteiger partial charge in [0.05, 0.1) is 0 Å². The molecule has 6 rings (SSSR count). The molecule has 6 aromatic rings. The molecule has 3 heterocycles. The maximum absolute atomic E-state index is 9.43. The van der Waals surface area contributed by atoms with Gasteiger partial charge in [-0.1, -0.05) is 36.4 Å². The van der Waals surface area contributed by atoms with E-state index in [1.807, 2.05) is 75.4 Å². The van der Waals surface area contributed by atoms with Crippen LogP contribution in [-0.4, -0.2) is 47.6 Å². The number of phenols is 3. The molecule has 6 nitrogen and oxygen atoms in total. The minimum absolute atomic E-state index is 0. The SMILES string of the molecule is Cc1ccc(O)c2ncccc12.Cc1ccc(O)c2ncccc12.Cc1ccc(O)c2ncccc12.[Al+3]. The molecular formula is C30H27AlN3O3+3. The van der Waals surface area contributed by atoms with Crippen molar-refractivity contribution >= 4 is 50.1 Å². The Labute approximate surface area is 226 Å². The van der Waals surface area contributed by atoms with Crippen molar-refractivity contribution in [3.05, 3.63) is 108 Å². The number of hydrogen-bond acceptors (Lipinski definition) is 6. The zero-order valence-corrected chi connectivity index (χ0v) is 22.1. The van der Waals surface area contributed by atoms with Gasteiger partial charge in [0, 0.05) is 34.7 Å². The maximum Gasteiger partial charge on any atom is 3.00 e. The summed E-state index contributed by atoms with van der Waals surface area (Å²) >= 11 is 0. The van der Waals surface area contributed by atoms with Crippen molar-refractivity contribution < 1.29 is 15.3 Å².